The van der Waals surface area contributed by atoms with Gasteiger partial charge in [-0.25, -0.2) is 0 Å². The quantitative estimate of drug-likeness (QED) is 0.193. The van der Waals surface area contributed by atoms with Crippen molar-refractivity contribution in [3.63, 3.8) is 0 Å². The highest BCUT2D eigenvalue weighted by atomic mass is 16.5. The van der Waals surface area contributed by atoms with Gasteiger partial charge in [-0.1, -0.05) is 77.2 Å². The van der Waals surface area contributed by atoms with E-state index >= 15 is 0 Å². The van der Waals surface area contributed by atoms with E-state index in [9.17, 15) is 9.59 Å². The summed E-state index contributed by atoms with van der Waals surface area (Å²) in [5, 5.41) is 2.86. The van der Waals surface area contributed by atoms with Crippen LogP contribution in [0.4, 0.5) is 0 Å². The molecule has 0 aliphatic heterocycles. The molecular formula is C23H43NO4. The number of methoxy groups -OCH3 is 1. The van der Waals surface area contributed by atoms with Crippen LogP contribution in [0.15, 0.2) is 11.6 Å². The first-order valence-corrected chi connectivity index (χ1v) is 11.1. The fraction of sp³-hybridized carbons (Fsp3) is 0.826. The number of ether oxygens (including phenoxy) is 2. The molecule has 1 unspecified atom stereocenters. The van der Waals surface area contributed by atoms with Crippen LogP contribution in [-0.2, 0) is 19.1 Å². The molecule has 1 amide bonds. The van der Waals surface area contributed by atoms with Crippen molar-refractivity contribution >= 4 is 11.9 Å². The van der Waals surface area contributed by atoms with Gasteiger partial charge in [0.25, 0.3) is 0 Å². The monoisotopic (exact) mass is 397 g/mol. The lowest BCUT2D eigenvalue weighted by molar-refractivity contribution is -0.142. The first-order valence-electron chi connectivity index (χ1n) is 11.1. The van der Waals surface area contributed by atoms with Gasteiger partial charge in [-0.05, 0) is 19.8 Å². The molecule has 28 heavy (non-hydrogen) atoms. The van der Waals surface area contributed by atoms with E-state index in [1.54, 1.807) is 7.11 Å². The summed E-state index contributed by atoms with van der Waals surface area (Å²) in [7, 11) is 1.56. The molecule has 0 bridgehead atoms. The molecule has 0 aliphatic rings. The minimum absolute atomic E-state index is 0.126. The van der Waals surface area contributed by atoms with Gasteiger partial charge >= 0.3 is 5.97 Å². The van der Waals surface area contributed by atoms with Gasteiger partial charge in [-0.15, -0.1) is 0 Å². The van der Waals surface area contributed by atoms with Crippen molar-refractivity contribution in [2.24, 2.45) is 0 Å². The Hall–Kier alpha value is -1.36. The minimum Gasteiger partial charge on any atom is -0.464 e. The van der Waals surface area contributed by atoms with Gasteiger partial charge in [0.05, 0.1) is 12.6 Å². The number of hydrogen-bond donors (Lipinski definition) is 1. The Morgan fingerprint density at radius 1 is 0.857 bits per heavy atom. The summed E-state index contributed by atoms with van der Waals surface area (Å²) in [6.07, 6.45) is 17.5. The van der Waals surface area contributed by atoms with E-state index in [4.69, 9.17) is 9.47 Å². The molecule has 0 aromatic carbocycles. The van der Waals surface area contributed by atoms with Gasteiger partial charge in [0, 0.05) is 19.6 Å². The van der Waals surface area contributed by atoms with Crippen molar-refractivity contribution in [2.75, 3.05) is 20.3 Å². The molecule has 1 N–H and O–H groups in total. The minimum atomic E-state index is -0.362. The zero-order valence-electron chi connectivity index (χ0n) is 18.7. The third kappa shape index (κ3) is 16.8. The molecule has 0 rings (SSSR count). The number of unbranched alkanes of at least 4 members (excludes halogenated alkanes) is 11. The summed E-state index contributed by atoms with van der Waals surface area (Å²) in [5.74, 6) is -0.489. The Bertz CT molecular complexity index is 434. The molecular weight excluding hydrogens is 354 g/mol. The molecule has 0 saturated heterocycles. The number of carbonyl (C=O) groups is 2. The van der Waals surface area contributed by atoms with Crippen LogP contribution >= 0.6 is 0 Å². The lowest BCUT2D eigenvalue weighted by atomic mass is 10.0. The predicted octanol–water partition coefficient (Wildman–Crippen LogP) is 5.33. The molecule has 0 fully saturated rings. The van der Waals surface area contributed by atoms with Crippen molar-refractivity contribution in [2.45, 2.75) is 104 Å². The first-order chi connectivity index (χ1) is 13.5. The molecule has 0 saturated carbocycles. The molecule has 0 spiro atoms. The smallest absolute Gasteiger partial charge is 0.302 e. The highest BCUT2D eigenvalue weighted by Crippen LogP contribution is 2.12. The van der Waals surface area contributed by atoms with E-state index in [2.05, 4.69) is 12.2 Å². The highest BCUT2D eigenvalue weighted by molar-refractivity contribution is 5.92. The van der Waals surface area contributed by atoms with Gasteiger partial charge in [0.15, 0.2) is 0 Å². The summed E-state index contributed by atoms with van der Waals surface area (Å²) >= 11 is 0. The molecule has 0 aliphatic carbocycles. The Labute approximate surface area is 172 Å². The fourth-order valence-corrected chi connectivity index (χ4v) is 3.07. The standard InChI is InChI=1S/C23H43NO4/c1-5-6-7-8-9-10-11-12-13-14-15-16-17-20(2)23(26)24-22(18-27-4)19-28-21(3)25/h17,22H,5-16,18-19H2,1-4H3,(H,24,26). The SMILES string of the molecule is CCCCCCCCCCCCCC=C(C)C(=O)NC(COC)COC(C)=O. The summed E-state index contributed by atoms with van der Waals surface area (Å²) in [4.78, 5) is 23.2. The summed E-state index contributed by atoms with van der Waals surface area (Å²) < 4.78 is 10.0. The van der Waals surface area contributed by atoms with E-state index < -0.39 is 0 Å². The van der Waals surface area contributed by atoms with E-state index in [0.29, 0.717) is 12.2 Å². The van der Waals surface area contributed by atoms with Gasteiger partial charge in [0.2, 0.25) is 5.91 Å². The molecule has 164 valence electrons. The van der Waals surface area contributed by atoms with Crippen molar-refractivity contribution in [1.82, 2.24) is 5.32 Å². The zero-order valence-corrected chi connectivity index (χ0v) is 18.7. The maximum atomic E-state index is 12.2. The lowest BCUT2D eigenvalue weighted by Gasteiger charge is -2.17. The van der Waals surface area contributed by atoms with Crippen LogP contribution in [-0.4, -0.2) is 38.2 Å². The number of carbonyl (C=O) groups excluding carboxylic acids is 2. The lowest BCUT2D eigenvalue weighted by Crippen LogP contribution is -2.42. The van der Waals surface area contributed by atoms with Crippen molar-refractivity contribution in [3.8, 4) is 0 Å². The second-order valence-electron chi connectivity index (χ2n) is 7.64. The van der Waals surface area contributed by atoms with Crippen LogP contribution < -0.4 is 5.32 Å². The van der Waals surface area contributed by atoms with Crippen molar-refractivity contribution in [3.05, 3.63) is 11.6 Å². The number of rotatable bonds is 18. The van der Waals surface area contributed by atoms with Crippen LogP contribution in [0, 0.1) is 0 Å². The third-order valence-electron chi connectivity index (χ3n) is 4.81. The molecule has 1 atom stereocenters. The average Bonchev–Trinajstić information content (AvgIpc) is 2.66. The van der Waals surface area contributed by atoms with Gasteiger partial charge in [0.1, 0.15) is 6.61 Å². The summed E-state index contributed by atoms with van der Waals surface area (Å²) in [6, 6.07) is -0.327. The Balaban J connectivity index is 3.80. The Morgan fingerprint density at radius 2 is 1.39 bits per heavy atom. The average molecular weight is 398 g/mol. The van der Waals surface area contributed by atoms with Gasteiger partial charge in [-0.2, -0.15) is 0 Å². The maximum absolute atomic E-state index is 12.2. The molecule has 0 aromatic rings. The third-order valence-corrected chi connectivity index (χ3v) is 4.81. The van der Waals surface area contributed by atoms with Gasteiger partial charge < -0.3 is 14.8 Å². The summed E-state index contributed by atoms with van der Waals surface area (Å²) in [6.45, 7) is 5.87. The van der Waals surface area contributed by atoms with E-state index in [-0.39, 0.29) is 24.5 Å². The van der Waals surface area contributed by atoms with Crippen molar-refractivity contribution < 1.29 is 19.1 Å². The number of allylic oxidation sites excluding steroid dienone is 1. The molecule has 0 heterocycles. The van der Waals surface area contributed by atoms with Crippen LogP contribution in [0.1, 0.15) is 97.8 Å². The first kappa shape index (κ1) is 26.6. The summed E-state index contributed by atoms with van der Waals surface area (Å²) in [5.41, 5.74) is 0.705. The second kappa shape index (κ2) is 19.0. The normalized spacial score (nSPS) is 12.6. The molecule has 0 aromatic heterocycles. The van der Waals surface area contributed by atoms with Crippen LogP contribution in [0.3, 0.4) is 0 Å². The van der Waals surface area contributed by atoms with Crippen LogP contribution in [0.2, 0.25) is 0 Å². The highest BCUT2D eigenvalue weighted by Gasteiger charge is 2.14. The van der Waals surface area contributed by atoms with E-state index in [1.807, 2.05) is 13.0 Å². The number of esters is 1. The van der Waals surface area contributed by atoms with E-state index in [1.165, 1.54) is 71.1 Å². The van der Waals surface area contributed by atoms with E-state index in [0.717, 1.165) is 12.8 Å². The molecule has 0 radical (unpaired) electrons. The Morgan fingerprint density at radius 3 is 1.89 bits per heavy atom. The number of nitrogens with one attached hydrogen (secondary N) is 1. The van der Waals surface area contributed by atoms with Crippen LogP contribution in [0.25, 0.3) is 0 Å². The largest absolute Gasteiger partial charge is 0.464 e. The van der Waals surface area contributed by atoms with Crippen LogP contribution in [0.5, 0.6) is 0 Å². The number of amides is 1. The topological polar surface area (TPSA) is 64.6 Å². The molecule has 5 heteroatoms. The fourth-order valence-electron chi connectivity index (χ4n) is 3.07. The number of hydrogen-bond acceptors (Lipinski definition) is 4. The molecule has 5 nitrogen and oxygen atoms in total. The predicted molar refractivity (Wildman–Crippen MR) is 115 cm³/mol. The van der Waals surface area contributed by atoms with Gasteiger partial charge in [-0.3, -0.25) is 9.59 Å². The zero-order chi connectivity index (χ0) is 21.0. The maximum Gasteiger partial charge on any atom is 0.302 e. The van der Waals surface area contributed by atoms with Crippen molar-refractivity contribution in [1.29, 1.82) is 0 Å². The second-order valence-corrected chi connectivity index (χ2v) is 7.64. The Kier molecular flexibility index (Phi) is 18.1.